The number of aryl methyl sites for hydroxylation is 2. The number of rotatable bonds is 5. The second kappa shape index (κ2) is 6.88. The summed E-state index contributed by atoms with van der Waals surface area (Å²) in [4.78, 5) is 16.7. The molecule has 1 amide bonds. The SMILES string of the molecule is CCNc1cc(C(=O)Nc2cccc(CC)c2)cc(C)n1. The van der Waals surface area contributed by atoms with Gasteiger partial charge in [-0.1, -0.05) is 19.1 Å². The van der Waals surface area contributed by atoms with Crippen LogP contribution in [0, 0.1) is 6.92 Å². The zero-order valence-electron chi connectivity index (χ0n) is 12.7. The van der Waals surface area contributed by atoms with Crippen molar-refractivity contribution in [3.05, 3.63) is 53.2 Å². The van der Waals surface area contributed by atoms with Crippen LogP contribution in [0.1, 0.15) is 35.5 Å². The van der Waals surface area contributed by atoms with Gasteiger partial charge in [-0.3, -0.25) is 4.79 Å². The first-order chi connectivity index (χ1) is 10.1. The Labute approximate surface area is 125 Å². The van der Waals surface area contributed by atoms with Crippen molar-refractivity contribution in [2.45, 2.75) is 27.2 Å². The molecule has 0 saturated carbocycles. The first-order valence-corrected chi connectivity index (χ1v) is 7.25. The van der Waals surface area contributed by atoms with Crippen LogP contribution in [0.2, 0.25) is 0 Å². The largest absolute Gasteiger partial charge is 0.370 e. The molecule has 1 heterocycles. The van der Waals surface area contributed by atoms with Gasteiger partial charge in [0.1, 0.15) is 5.82 Å². The third-order valence-corrected chi connectivity index (χ3v) is 3.17. The van der Waals surface area contributed by atoms with Gasteiger partial charge < -0.3 is 10.6 Å². The second-order valence-corrected chi connectivity index (χ2v) is 4.92. The van der Waals surface area contributed by atoms with Crippen molar-refractivity contribution in [3.8, 4) is 0 Å². The van der Waals surface area contributed by atoms with Gasteiger partial charge in [0.15, 0.2) is 0 Å². The van der Waals surface area contributed by atoms with Crippen LogP contribution in [-0.4, -0.2) is 17.4 Å². The van der Waals surface area contributed by atoms with Crippen molar-refractivity contribution in [2.24, 2.45) is 0 Å². The Morgan fingerprint density at radius 3 is 2.71 bits per heavy atom. The summed E-state index contributed by atoms with van der Waals surface area (Å²) in [6.45, 7) is 6.75. The van der Waals surface area contributed by atoms with Crippen molar-refractivity contribution in [2.75, 3.05) is 17.2 Å². The summed E-state index contributed by atoms with van der Waals surface area (Å²) in [5, 5.41) is 6.07. The molecule has 0 atom stereocenters. The summed E-state index contributed by atoms with van der Waals surface area (Å²) in [5.41, 5.74) is 3.45. The number of anilines is 2. The van der Waals surface area contributed by atoms with Gasteiger partial charge in [0, 0.05) is 23.5 Å². The molecule has 2 N–H and O–H groups in total. The van der Waals surface area contributed by atoms with Crippen LogP contribution in [0.15, 0.2) is 36.4 Å². The summed E-state index contributed by atoms with van der Waals surface area (Å²) in [6, 6.07) is 11.5. The molecule has 0 radical (unpaired) electrons. The Morgan fingerprint density at radius 1 is 1.19 bits per heavy atom. The molecule has 0 aliphatic rings. The molecule has 21 heavy (non-hydrogen) atoms. The molecular formula is C17H21N3O. The summed E-state index contributed by atoms with van der Waals surface area (Å²) < 4.78 is 0. The summed E-state index contributed by atoms with van der Waals surface area (Å²) in [6.07, 6.45) is 0.947. The number of nitrogens with zero attached hydrogens (tertiary/aromatic N) is 1. The second-order valence-electron chi connectivity index (χ2n) is 4.92. The van der Waals surface area contributed by atoms with Gasteiger partial charge in [-0.05, 0) is 50.1 Å². The highest BCUT2D eigenvalue weighted by atomic mass is 16.1. The minimum Gasteiger partial charge on any atom is -0.370 e. The van der Waals surface area contributed by atoms with Crippen molar-refractivity contribution >= 4 is 17.4 Å². The predicted octanol–water partition coefficient (Wildman–Crippen LogP) is 3.64. The molecule has 2 rings (SSSR count). The van der Waals surface area contributed by atoms with E-state index in [0.29, 0.717) is 5.56 Å². The number of pyridine rings is 1. The Bertz CT molecular complexity index is 638. The molecule has 0 spiro atoms. The molecule has 110 valence electrons. The summed E-state index contributed by atoms with van der Waals surface area (Å²) in [7, 11) is 0. The fourth-order valence-electron chi connectivity index (χ4n) is 2.14. The maximum atomic E-state index is 12.4. The average Bonchev–Trinajstić information content (AvgIpc) is 2.47. The molecule has 0 aliphatic carbocycles. The van der Waals surface area contributed by atoms with Crippen LogP contribution in [-0.2, 0) is 6.42 Å². The number of amides is 1. The number of benzene rings is 1. The van der Waals surface area contributed by atoms with E-state index < -0.39 is 0 Å². The van der Waals surface area contributed by atoms with Crippen LogP contribution in [0.25, 0.3) is 0 Å². The number of nitrogens with one attached hydrogen (secondary N) is 2. The molecule has 0 saturated heterocycles. The standard InChI is InChI=1S/C17H21N3O/c1-4-13-7-6-8-15(10-13)20-17(21)14-9-12(3)19-16(11-14)18-5-2/h6-11H,4-5H2,1-3H3,(H,18,19)(H,20,21). The molecule has 1 aromatic heterocycles. The van der Waals surface area contributed by atoms with Gasteiger partial charge in [0.2, 0.25) is 0 Å². The van der Waals surface area contributed by atoms with Crippen LogP contribution < -0.4 is 10.6 Å². The molecule has 1 aromatic carbocycles. The van der Waals surface area contributed by atoms with Crippen molar-refractivity contribution < 1.29 is 4.79 Å². The van der Waals surface area contributed by atoms with Gasteiger partial charge in [0.25, 0.3) is 5.91 Å². The van der Waals surface area contributed by atoms with Crippen LogP contribution in [0.4, 0.5) is 11.5 Å². The zero-order valence-corrected chi connectivity index (χ0v) is 12.7. The number of carbonyl (C=O) groups excluding carboxylic acids is 1. The monoisotopic (exact) mass is 283 g/mol. The molecule has 0 bridgehead atoms. The summed E-state index contributed by atoms with van der Waals surface area (Å²) in [5.74, 6) is 0.609. The van der Waals surface area contributed by atoms with E-state index in [1.165, 1.54) is 5.56 Å². The van der Waals surface area contributed by atoms with E-state index in [2.05, 4.69) is 28.6 Å². The van der Waals surface area contributed by atoms with E-state index in [1.807, 2.05) is 32.0 Å². The minimum absolute atomic E-state index is 0.118. The first kappa shape index (κ1) is 15.0. The van der Waals surface area contributed by atoms with E-state index in [0.717, 1.165) is 30.2 Å². The third kappa shape index (κ3) is 4.05. The van der Waals surface area contributed by atoms with E-state index in [9.17, 15) is 4.79 Å². The normalized spacial score (nSPS) is 10.2. The van der Waals surface area contributed by atoms with Gasteiger partial charge in [-0.15, -0.1) is 0 Å². The number of carbonyl (C=O) groups is 1. The highest BCUT2D eigenvalue weighted by Crippen LogP contribution is 2.15. The van der Waals surface area contributed by atoms with Gasteiger partial charge >= 0.3 is 0 Å². The molecule has 0 unspecified atom stereocenters. The van der Waals surface area contributed by atoms with Gasteiger partial charge in [-0.2, -0.15) is 0 Å². The van der Waals surface area contributed by atoms with E-state index in [1.54, 1.807) is 12.1 Å². The number of hydrogen-bond acceptors (Lipinski definition) is 3. The molecule has 4 heteroatoms. The molecule has 0 fully saturated rings. The average molecular weight is 283 g/mol. The fraction of sp³-hybridized carbons (Fsp3) is 0.294. The van der Waals surface area contributed by atoms with Gasteiger partial charge in [0.05, 0.1) is 0 Å². The van der Waals surface area contributed by atoms with Crippen molar-refractivity contribution in [3.63, 3.8) is 0 Å². The van der Waals surface area contributed by atoms with E-state index in [4.69, 9.17) is 0 Å². The highest BCUT2D eigenvalue weighted by molar-refractivity contribution is 6.04. The first-order valence-electron chi connectivity index (χ1n) is 7.25. The Morgan fingerprint density at radius 2 is 2.00 bits per heavy atom. The summed E-state index contributed by atoms with van der Waals surface area (Å²) >= 11 is 0. The van der Waals surface area contributed by atoms with Crippen molar-refractivity contribution in [1.82, 2.24) is 4.98 Å². The van der Waals surface area contributed by atoms with Crippen LogP contribution >= 0.6 is 0 Å². The predicted molar refractivity (Wildman–Crippen MR) is 86.9 cm³/mol. The zero-order chi connectivity index (χ0) is 15.2. The molecule has 0 aliphatic heterocycles. The molecule has 2 aromatic rings. The smallest absolute Gasteiger partial charge is 0.255 e. The number of hydrogen-bond donors (Lipinski definition) is 2. The lowest BCUT2D eigenvalue weighted by Gasteiger charge is -2.09. The van der Waals surface area contributed by atoms with E-state index >= 15 is 0 Å². The van der Waals surface area contributed by atoms with Crippen LogP contribution in [0.3, 0.4) is 0 Å². The lowest BCUT2D eigenvalue weighted by atomic mass is 10.1. The minimum atomic E-state index is -0.118. The van der Waals surface area contributed by atoms with E-state index in [-0.39, 0.29) is 5.91 Å². The Kier molecular flexibility index (Phi) is 4.93. The fourth-order valence-corrected chi connectivity index (χ4v) is 2.14. The quantitative estimate of drug-likeness (QED) is 0.881. The lowest BCUT2D eigenvalue weighted by Crippen LogP contribution is -2.13. The Hall–Kier alpha value is -2.36. The molecule has 4 nitrogen and oxygen atoms in total. The van der Waals surface area contributed by atoms with Gasteiger partial charge in [-0.25, -0.2) is 4.98 Å². The van der Waals surface area contributed by atoms with Crippen molar-refractivity contribution in [1.29, 1.82) is 0 Å². The maximum Gasteiger partial charge on any atom is 0.255 e. The molecular weight excluding hydrogens is 262 g/mol. The highest BCUT2D eigenvalue weighted by Gasteiger charge is 2.09. The lowest BCUT2D eigenvalue weighted by molar-refractivity contribution is 0.102. The maximum absolute atomic E-state index is 12.4. The third-order valence-electron chi connectivity index (χ3n) is 3.17. The Balaban J connectivity index is 2.19. The number of aromatic nitrogens is 1. The van der Waals surface area contributed by atoms with Crippen LogP contribution in [0.5, 0.6) is 0 Å². The topological polar surface area (TPSA) is 54.0 Å².